The molecule has 7 heteroatoms. The molecule has 0 saturated carbocycles. The summed E-state index contributed by atoms with van der Waals surface area (Å²) < 4.78 is 11.6. The Morgan fingerprint density at radius 1 is 1.07 bits per heavy atom. The molecule has 2 aliphatic rings. The minimum Gasteiger partial charge on any atom is -0.490 e. The highest BCUT2D eigenvalue weighted by molar-refractivity contribution is 5.97. The summed E-state index contributed by atoms with van der Waals surface area (Å²) in [5.41, 5.74) is 2.85. The van der Waals surface area contributed by atoms with Crippen molar-refractivity contribution in [3.63, 3.8) is 0 Å². The van der Waals surface area contributed by atoms with Gasteiger partial charge in [0.25, 0.3) is 5.69 Å². The number of pyridine rings is 1. The smallest absolute Gasteiger partial charge is 0.278 e. The molecule has 7 nitrogen and oxygen atoms in total. The summed E-state index contributed by atoms with van der Waals surface area (Å²) in [6.45, 7) is 2.20. The van der Waals surface area contributed by atoms with Crippen molar-refractivity contribution >= 4 is 22.3 Å². The van der Waals surface area contributed by atoms with Gasteiger partial charge in [-0.3, -0.25) is 15.1 Å². The average Bonchev–Trinajstić information content (AvgIpc) is 3.11. The zero-order valence-corrected chi connectivity index (χ0v) is 15.9. The lowest BCUT2D eigenvalue weighted by molar-refractivity contribution is -0.383. The molecule has 0 unspecified atom stereocenters. The van der Waals surface area contributed by atoms with Crippen LogP contribution in [-0.4, -0.2) is 29.7 Å². The van der Waals surface area contributed by atoms with E-state index in [4.69, 9.17) is 9.47 Å². The quantitative estimate of drug-likeness (QED) is 0.478. The Hall–Kier alpha value is -3.35. The van der Waals surface area contributed by atoms with Gasteiger partial charge < -0.3 is 14.4 Å². The van der Waals surface area contributed by atoms with E-state index in [-0.39, 0.29) is 16.7 Å². The summed E-state index contributed by atoms with van der Waals surface area (Å²) in [4.78, 5) is 17.9. The maximum Gasteiger partial charge on any atom is 0.278 e. The van der Waals surface area contributed by atoms with Gasteiger partial charge >= 0.3 is 0 Å². The number of benzene rings is 2. The lowest BCUT2D eigenvalue weighted by atomic mass is 10.0. The van der Waals surface area contributed by atoms with Gasteiger partial charge in [0.1, 0.15) is 5.52 Å². The van der Waals surface area contributed by atoms with E-state index in [0.717, 1.165) is 48.6 Å². The first-order valence-corrected chi connectivity index (χ1v) is 9.91. The Morgan fingerprint density at radius 2 is 1.93 bits per heavy atom. The van der Waals surface area contributed by atoms with E-state index in [0.29, 0.717) is 24.1 Å². The molecule has 1 saturated heterocycles. The van der Waals surface area contributed by atoms with Crippen LogP contribution in [0, 0.1) is 10.1 Å². The van der Waals surface area contributed by atoms with E-state index < -0.39 is 0 Å². The molecule has 3 heterocycles. The molecule has 0 spiro atoms. The van der Waals surface area contributed by atoms with Crippen molar-refractivity contribution in [2.45, 2.75) is 25.3 Å². The second-order valence-electron chi connectivity index (χ2n) is 7.37. The van der Waals surface area contributed by atoms with Gasteiger partial charge in [-0.05, 0) is 48.7 Å². The van der Waals surface area contributed by atoms with Crippen molar-refractivity contribution in [2.24, 2.45) is 0 Å². The van der Waals surface area contributed by atoms with Gasteiger partial charge in [-0.2, -0.15) is 0 Å². The monoisotopic (exact) mass is 391 g/mol. The van der Waals surface area contributed by atoms with Gasteiger partial charge in [0.2, 0.25) is 0 Å². The fourth-order valence-corrected chi connectivity index (χ4v) is 4.32. The lowest BCUT2D eigenvalue weighted by Crippen LogP contribution is -2.23. The molecular weight excluding hydrogens is 370 g/mol. The molecule has 148 valence electrons. The molecule has 0 amide bonds. The highest BCUT2D eigenvalue weighted by Gasteiger charge is 2.30. The van der Waals surface area contributed by atoms with Crippen LogP contribution in [0.25, 0.3) is 10.9 Å². The van der Waals surface area contributed by atoms with E-state index >= 15 is 0 Å². The largest absolute Gasteiger partial charge is 0.490 e. The first kappa shape index (κ1) is 17.7. The van der Waals surface area contributed by atoms with Crippen LogP contribution in [0.3, 0.4) is 0 Å². The number of hydrogen-bond acceptors (Lipinski definition) is 6. The second kappa shape index (κ2) is 7.24. The molecule has 2 aliphatic heterocycles. The maximum absolute atomic E-state index is 11.4. The number of nitro groups is 1. The molecule has 2 aromatic carbocycles. The number of aromatic nitrogens is 1. The minimum atomic E-state index is -0.348. The van der Waals surface area contributed by atoms with Crippen LogP contribution >= 0.6 is 0 Å². The van der Waals surface area contributed by atoms with Gasteiger partial charge in [0.15, 0.2) is 11.5 Å². The topological polar surface area (TPSA) is 77.7 Å². The van der Waals surface area contributed by atoms with Crippen LogP contribution in [0.2, 0.25) is 0 Å². The van der Waals surface area contributed by atoms with Gasteiger partial charge in [0.05, 0.1) is 35.3 Å². The van der Waals surface area contributed by atoms with Crippen LogP contribution < -0.4 is 14.4 Å². The predicted octanol–water partition coefficient (Wildman–Crippen LogP) is 4.65. The van der Waals surface area contributed by atoms with E-state index in [9.17, 15) is 10.1 Å². The Morgan fingerprint density at radius 3 is 2.79 bits per heavy atom. The van der Waals surface area contributed by atoms with Crippen molar-refractivity contribution in [3.05, 3.63) is 64.3 Å². The highest BCUT2D eigenvalue weighted by atomic mass is 16.6. The third-order valence-corrected chi connectivity index (χ3v) is 5.64. The predicted molar refractivity (Wildman–Crippen MR) is 110 cm³/mol. The van der Waals surface area contributed by atoms with Crippen LogP contribution in [0.15, 0.2) is 48.7 Å². The van der Waals surface area contributed by atoms with Crippen molar-refractivity contribution in [2.75, 3.05) is 24.7 Å². The van der Waals surface area contributed by atoms with Crippen LogP contribution in [0.4, 0.5) is 11.4 Å². The summed E-state index contributed by atoms with van der Waals surface area (Å²) >= 11 is 0. The third-order valence-electron chi connectivity index (χ3n) is 5.64. The van der Waals surface area contributed by atoms with E-state index in [1.54, 1.807) is 24.4 Å². The summed E-state index contributed by atoms with van der Waals surface area (Å²) in [5, 5.41) is 12.0. The Labute approximate surface area is 168 Å². The zero-order valence-electron chi connectivity index (χ0n) is 15.9. The van der Waals surface area contributed by atoms with Crippen molar-refractivity contribution in [1.82, 2.24) is 4.98 Å². The average molecular weight is 391 g/mol. The first-order chi connectivity index (χ1) is 14.2. The number of nitro benzene ring substituents is 1. The summed E-state index contributed by atoms with van der Waals surface area (Å²) in [5.74, 6) is 1.58. The molecule has 5 rings (SSSR count). The molecule has 0 N–H and O–H groups in total. The molecule has 0 aliphatic carbocycles. The second-order valence-corrected chi connectivity index (χ2v) is 7.37. The van der Waals surface area contributed by atoms with Crippen LogP contribution in [0.1, 0.15) is 30.9 Å². The van der Waals surface area contributed by atoms with Crippen LogP contribution in [-0.2, 0) is 0 Å². The molecule has 1 fully saturated rings. The Balaban J connectivity index is 1.56. The van der Waals surface area contributed by atoms with Gasteiger partial charge in [-0.1, -0.05) is 6.07 Å². The molecular formula is C22H21N3O4. The Kier molecular flexibility index (Phi) is 4.42. The first-order valence-electron chi connectivity index (χ1n) is 9.91. The van der Waals surface area contributed by atoms with E-state index in [1.807, 2.05) is 12.1 Å². The fourth-order valence-electron chi connectivity index (χ4n) is 4.32. The maximum atomic E-state index is 11.4. The minimum absolute atomic E-state index is 0.0863. The van der Waals surface area contributed by atoms with Gasteiger partial charge in [0, 0.05) is 25.2 Å². The van der Waals surface area contributed by atoms with Gasteiger partial charge in [-0.25, -0.2) is 0 Å². The van der Waals surface area contributed by atoms with E-state index in [2.05, 4.69) is 22.0 Å². The van der Waals surface area contributed by atoms with Crippen molar-refractivity contribution in [1.29, 1.82) is 0 Å². The number of rotatable bonds is 3. The molecule has 0 radical (unpaired) electrons. The van der Waals surface area contributed by atoms with Crippen molar-refractivity contribution in [3.8, 4) is 11.5 Å². The Bertz CT molecular complexity index is 1080. The lowest BCUT2D eigenvalue weighted by Gasteiger charge is -2.28. The zero-order chi connectivity index (χ0) is 19.8. The molecule has 1 atom stereocenters. The number of non-ortho nitro benzene ring substituents is 1. The normalized spacial score (nSPS) is 18.6. The number of ether oxygens (including phenoxy) is 2. The number of hydrogen-bond donors (Lipinski definition) is 0. The fraction of sp³-hybridized carbons (Fsp3) is 0.318. The van der Waals surface area contributed by atoms with Gasteiger partial charge in [-0.15, -0.1) is 0 Å². The third kappa shape index (κ3) is 3.12. The SMILES string of the molecule is O=[N+]([O-])c1ccc(N2CCC[C@H]2c2ccc3c(c2)OCCCO3)c2ncccc12. The molecule has 0 bridgehead atoms. The standard InChI is InChI=1S/C22H21N3O4/c26-25(27)18-7-8-19(22-16(18)4-1-10-23-22)24-11-2-5-17(24)15-6-9-20-21(14-15)29-13-3-12-28-20/h1,4,6-10,14,17H,2-3,5,11-13H2/t17-/m0/s1. The summed E-state index contributed by atoms with van der Waals surface area (Å²) in [7, 11) is 0. The summed E-state index contributed by atoms with van der Waals surface area (Å²) in [6.07, 6.45) is 4.61. The summed E-state index contributed by atoms with van der Waals surface area (Å²) in [6, 6.07) is 13.2. The number of nitrogens with zero attached hydrogens (tertiary/aromatic N) is 3. The van der Waals surface area contributed by atoms with Crippen molar-refractivity contribution < 1.29 is 14.4 Å². The van der Waals surface area contributed by atoms with Crippen LogP contribution in [0.5, 0.6) is 11.5 Å². The molecule has 1 aromatic heterocycles. The molecule has 29 heavy (non-hydrogen) atoms. The number of anilines is 1. The molecule has 3 aromatic rings. The van der Waals surface area contributed by atoms with E-state index in [1.165, 1.54) is 0 Å². The number of fused-ring (bicyclic) bond motifs is 2. The highest BCUT2D eigenvalue weighted by Crippen LogP contribution is 2.42.